The van der Waals surface area contributed by atoms with E-state index < -0.39 is 0 Å². The van der Waals surface area contributed by atoms with E-state index in [4.69, 9.17) is 5.10 Å². The number of likely N-dealkylation sites (tertiary alicyclic amines) is 1. The maximum Gasteiger partial charge on any atom is 0.317 e. The molecule has 8 heteroatoms. The van der Waals surface area contributed by atoms with Crippen LogP contribution in [0.1, 0.15) is 25.5 Å². The van der Waals surface area contributed by atoms with Gasteiger partial charge in [0.25, 0.3) is 0 Å². The molecule has 2 aliphatic heterocycles. The van der Waals surface area contributed by atoms with Gasteiger partial charge in [0.05, 0.1) is 11.2 Å². The molecule has 1 unspecified atom stereocenters. The van der Waals surface area contributed by atoms with Crippen LogP contribution in [0.2, 0.25) is 0 Å². The predicted octanol–water partition coefficient (Wildman–Crippen LogP) is 2.64. The third kappa shape index (κ3) is 2.98. The lowest BCUT2D eigenvalue weighted by Gasteiger charge is -2.23. The van der Waals surface area contributed by atoms with Gasteiger partial charge in [-0.15, -0.1) is 0 Å². The van der Waals surface area contributed by atoms with Gasteiger partial charge in [0, 0.05) is 80.8 Å². The molecule has 1 N–H and O–H groups in total. The van der Waals surface area contributed by atoms with Gasteiger partial charge in [-0.25, -0.2) is 9.78 Å². The summed E-state index contributed by atoms with van der Waals surface area (Å²) in [4.78, 5) is 25.4. The Hall–Kier alpha value is -3.16. The molecular weight excluding hydrogens is 378 g/mol. The Morgan fingerprint density at radius 3 is 2.80 bits per heavy atom. The van der Waals surface area contributed by atoms with Gasteiger partial charge in [0.15, 0.2) is 0 Å². The summed E-state index contributed by atoms with van der Waals surface area (Å²) in [5.41, 5.74) is 4.12. The third-order valence-corrected chi connectivity index (χ3v) is 6.40. The number of nitrogens with zero attached hydrogens (tertiary/aromatic N) is 6. The SMILES string of the molecule is CCNC(=O)N1CCC2(CCn3nc(-c4cnc5cc(N(C)C)ncc5c4)cc32)C1. The average molecular weight is 406 g/mol. The van der Waals surface area contributed by atoms with Crippen LogP contribution in [-0.4, -0.2) is 64.4 Å². The van der Waals surface area contributed by atoms with Crippen molar-refractivity contribution in [1.82, 2.24) is 30.0 Å². The van der Waals surface area contributed by atoms with E-state index in [1.807, 2.05) is 49.3 Å². The number of carbonyl (C=O) groups excluding carboxylic acids is 1. The van der Waals surface area contributed by atoms with Crippen LogP contribution in [-0.2, 0) is 12.0 Å². The van der Waals surface area contributed by atoms with Gasteiger partial charge < -0.3 is 15.1 Å². The van der Waals surface area contributed by atoms with E-state index in [2.05, 4.69) is 32.1 Å². The van der Waals surface area contributed by atoms with Crippen LogP contribution < -0.4 is 10.2 Å². The predicted molar refractivity (Wildman–Crippen MR) is 117 cm³/mol. The lowest BCUT2D eigenvalue weighted by molar-refractivity contribution is 0.206. The van der Waals surface area contributed by atoms with E-state index in [9.17, 15) is 4.79 Å². The number of aromatic nitrogens is 4. The molecule has 3 aromatic rings. The minimum absolute atomic E-state index is 0.0166. The van der Waals surface area contributed by atoms with Gasteiger partial charge in [-0.3, -0.25) is 9.67 Å². The maximum atomic E-state index is 12.3. The van der Waals surface area contributed by atoms with Crippen LogP contribution in [0, 0.1) is 0 Å². The largest absolute Gasteiger partial charge is 0.363 e. The van der Waals surface area contributed by atoms with Crippen molar-refractivity contribution < 1.29 is 4.79 Å². The van der Waals surface area contributed by atoms with Gasteiger partial charge >= 0.3 is 6.03 Å². The molecule has 5 rings (SSSR count). The molecule has 0 bridgehead atoms. The first-order valence-electron chi connectivity index (χ1n) is 10.5. The van der Waals surface area contributed by atoms with Gasteiger partial charge in [-0.2, -0.15) is 5.10 Å². The number of hydrogen-bond acceptors (Lipinski definition) is 5. The maximum absolute atomic E-state index is 12.3. The Labute approximate surface area is 175 Å². The van der Waals surface area contributed by atoms with E-state index in [0.29, 0.717) is 6.54 Å². The molecular formula is C22H27N7O. The quantitative estimate of drug-likeness (QED) is 0.725. The number of anilines is 1. The fraction of sp³-hybridized carbons (Fsp3) is 0.455. The molecule has 2 aliphatic rings. The zero-order valence-corrected chi connectivity index (χ0v) is 17.7. The number of rotatable bonds is 3. The Morgan fingerprint density at radius 2 is 2.00 bits per heavy atom. The molecule has 0 aliphatic carbocycles. The number of urea groups is 1. The van der Waals surface area contributed by atoms with Crippen molar-refractivity contribution in [1.29, 1.82) is 0 Å². The summed E-state index contributed by atoms with van der Waals surface area (Å²) >= 11 is 0. The monoisotopic (exact) mass is 405 g/mol. The Morgan fingerprint density at radius 1 is 1.17 bits per heavy atom. The smallest absolute Gasteiger partial charge is 0.317 e. The fourth-order valence-electron chi connectivity index (χ4n) is 4.72. The van der Waals surface area contributed by atoms with Crippen LogP contribution in [0.4, 0.5) is 10.6 Å². The Bertz CT molecular complexity index is 1120. The van der Waals surface area contributed by atoms with Crippen molar-refractivity contribution in [2.75, 3.05) is 38.6 Å². The second-order valence-corrected chi connectivity index (χ2v) is 8.53. The molecule has 1 fully saturated rings. The highest BCUT2D eigenvalue weighted by atomic mass is 16.2. The number of aryl methyl sites for hydroxylation is 1. The molecule has 5 heterocycles. The van der Waals surface area contributed by atoms with Gasteiger partial charge in [-0.1, -0.05) is 0 Å². The van der Waals surface area contributed by atoms with Crippen molar-refractivity contribution in [2.45, 2.75) is 31.7 Å². The first-order valence-corrected chi connectivity index (χ1v) is 10.5. The molecule has 1 saturated heterocycles. The molecule has 156 valence electrons. The van der Waals surface area contributed by atoms with Gasteiger partial charge in [0.1, 0.15) is 5.82 Å². The van der Waals surface area contributed by atoms with Gasteiger partial charge in [-0.05, 0) is 31.9 Å². The minimum atomic E-state index is 0.0166. The van der Waals surface area contributed by atoms with E-state index in [1.165, 1.54) is 5.69 Å². The summed E-state index contributed by atoms with van der Waals surface area (Å²) in [6.07, 6.45) is 5.79. The minimum Gasteiger partial charge on any atom is -0.363 e. The van der Waals surface area contributed by atoms with Gasteiger partial charge in [0.2, 0.25) is 0 Å². The summed E-state index contributed by atoms with van der Waals surface area (Å²) in [7, 11) is 3.95. The topological polar surface area (TPSA) is 79.2 Å². The lowest BCUT2D eigenvalue weighted by Crippen LogP contribution is -2.40. The standard InChI is InChI=1S/C22H27N7O/c1-4-23-21(30)28-7-5-22(14-28)6-8-29-19(22)10-18(26-29)16-9-15-13-25-20(27(2)3)11-17(15)24-12-16/h9-13H,4-8,14H2,1-3H3,(H,23,30). The van der Waals surface area contributed by atoms with Crippen LogP contribution in [0.15, 0.2) is 30.6 Å². The second-order valence-electron chi connectivity index (χ2n) is 8.53. The summed E-state index contributed by atoms with van der Waals surface area (Å²) in [6, 6.07) is 6.33. The molecule has 3 aromatic heterocycles. The zero-order chi connectivity index (χ0) is 20.9. The van der Waals surface area contributed by atoms with E-state index >= 15 is 0 Å². The Balaban J connectivity index is 1.44. The van der Waals surface area contributed by atoms with E-state index in [-0.39, 0.29) is 11.4 Å². The van der Waals surface area contributed by atoms with Crippen molar-refractivity contribution in [3.05, 3.63) is 36.3 Å². The first kappa shape index (κ1) is 18.8. The lowest BCUT2D eigenvalue weighted by atomic mass is 9.82. The average Bonchev–Trinajstić information content (AvgIpc) is 3.44. The van der Waals surface area contributed by atoms with Crippen molar-refractivity contribution in [3.63, 3.8) is 0 Å². The molecule has 0 radical (unpaired) electrons. The molecule has 30 heavy (non-hydrogen) atoms. The number of carbonyl (C=O) groups is 1. The zero-order valence-electron chi connectivity index (χ0n) is 17.7. The van der Waals surface area contributed by atoms with Crippen LogP contribution in [0.25, 0.3) is 22.2 Å². The van der Waals surface area contributed by atoms with Crippen LogP contribution >= 0.6 is 0 Å². The third-order valence-electron chi connectivity index (χ3n) is 6.40. The molecule has 1 spiro atoms. The van der Waals surface area contributed by atoms with Crippen LogP contribution in [0.3, 0.4) is 0 Å². The number of pyridine rings is 2. The summed E-state index contributed by atoms with van der Waals surface area (Å²) in [5, 5.41) is 8.80. The number of hydrogen-bond donors (Lipinski definition) is 1. The van der Waals surface area contributed by atoms with E-state index in [0.717, 1.165) is 60.5 Å². The van der Waals surface area contributed by atoms with Crippen LogP contribution in [0.5, 0.6) is 0 Å². The highest BCUT2D eigenvalue weighted by molar-refractivity contribution is 5.84. The Kier molecular flexibility index (Phi) is 4.38. The highest BCUT2D eigenvalue weighted by Crippen LogP contribution is 2.43. The number of amides is 2. The second kappa shape index (κ2) is 6.97. The van der Waals surface area contributed by atoms with Crippen molar-refractivity contribution >= 4 is 22.8 Å². The summed E-state index contributed by atoms with van der Waals surface area (Å²) < 4.78 is 2.12. The summed E-state index contributed by atoms with van der Waals surface area (Å²) in [6.45, 7) is 5.06. The van der Waals surface area contributed by atoms with E-state index in [1.54, 1.807) is 0 Å². The molecule has 2 amide bonds. The number of nitrogens with one attached hydrogen (secondary N) is 1. The molecule has 0 aromatic carbocycles. The van der Waals surface area contributed by atoms with Crippen molar-refractivity contribution in [3.8, 4) is 11.3 Å². The fourth-order valence-corrected chi connectivity index (χ4v) is 4.72. The number of fused-ring (bicyclic) bond motifs is 3. The summed E-state index contributed by atoms with van der Waals surface area (Å²) in [5.74, 6) is 0.892. The highest BCUT2D eigenvalue weighted by Gasteiger charge is 2.46. The normalized spacial score (nSPS) is 20.2. The first-order chi connectivity index (χ1) is 14.5. The molecule has 8 nitrogen and oxygen atoms in total. The van der Waals surface area contributed by atoms with Crippen molar-refractivity contribution in [2.24, 2.45) is 0 Å². The molecule has 0 saturated carbocycles. The molecule has 1 atom stereocenters.